The lowest BCUT2D eigenvalue weighted by Gasteiger charge is -2.10. The number of nitrogens with zero attached hydrogens (tertiary/aromatic N) is 2. The Morgan fingerprint density at radius 2 is 2.25 bits per heavy atom. The number of benzene rings is 1. The second kappa shape index (κ2) is 6.78. The number of ketones is 1. The summed E-state index contributed by atoms with van der Waals surface area (Å²) in [7, 11) is 0. The lowest BCUT2D eigenvalue weighted by molar-refractivity contribution is 0.101. The molecule has 0 aliphatic heterocycles. The van der Waals surface area contributed by atoms with Crippen LogP contribution in [-0.2, 0) is 0 Å². The van der Waals surface area contributed by atoms with Gasteiger partial charge in [-0.15, -0.1) is 11.8 Å². The van der Waals surface area contributed by atoms with Crippen molar-refractivity contribution in [3.8, 4) is 0 Å². The summed E-state index contributed by atoms with van der Waals surface area (Å²) in [6.45, 7) is 3.95. The summed E-state index contributed by atoms with van der Waals surface area (Å²) in [6, 6.07) is 7.97. The second-order valence-corrected chi connectivity index (χ2v) is 6.92. The van der Waals surface area contributed by atoms with Crippen LogP contribution in [0.15, 0.2) is 39.8 Å². The van der Waals surface area contributed by atoms with Crippen molar-refractivity contribution in [1.82, 2.24) is 9.78 Å². The molecule has 6 heteroatoms. The molecule has 0 aliphatic carbocycles. The average molecular weight is 374 g/mol. The van der Waals surface area contributed by atoms with Crippen LogP contribution in [0.4, 0.5) is 0 Å². The Morgan fingerprint density at radius 1 is 1.50 bits per heavy atom. The first-order valence-electron chi connectivity index (χ1n) is 6.13. The van der Waals surface area contributed by atoms with E-state index >= 15 is 0 Å². The Balaban J connectivity index is 2.11. The summed E-state index contributed by atoms with van der Waals surface area (Å²) >= 11 is 11.0. The highest BCUT2D eigenvalue weighted by atomic mass is 79.9. The average Bonchev–Trinajstić information content (AvgIpc) is 2.78. The fraction of sp³-hybridized carbons (Fsp3) is 0.286. The topological polar surface area (TPSA) is 34.9 Å². The number of aromatic nitrogens is 2. The molecule has 0 saturated carbocycles. The summed E-state index contributed by atoms with van der Waals surface area (Å²) in [5.41, 5.74) is 0.490. The highest BCUT2D eigenvalue weighted by Crippen LogP contribution is 2.25. The predicted molar refractivity (Wildman–Crippen MR) is 86.8 cm³/mol. The minimum absolute atomic E-state index is 0.00817. The van der Waals surface area contributed by atoms with Gasteiger partial charge in [-0.3, -0.25) is 9.48 Å². The fourth-order valence-corrected chi connectivity index (χ4v) is 3.37. The van der Waals surface area contributed by atoms with Gasteiger partial charge >= 0.3 is 0 Å². The number of hydrogen-bond acceptors (Lipinski definition) is 3. The van der Waals surface area contributed by atoms with Gasteiger partial charge in [0.05, 0.1) is 17.0 Å². The van der Waals surface area contributed by atoms with Crippen molar-refractivity contribution in [2.75, 3.05) is 5.75 Å². The van der Waals surface area contributed by atoms with E-state index in [-0.39, 0.29) is 11.8 Å². The van der Waals surface area contributed by atoms with Crippen molar-refractivity contribution in [3.05, 3.63) is 45.7 Å². The van der Waals surface area contributed by atoms with E-state index in [1.807, 2.05) is 38.1 Å². The van der Waals surface area contributed by atoms with Crippen LogP contribution in [0, 0.1) is 0 Å². The van der Waals surface area contributed by atoms with Gasteiger partial charge in [0, 0.05) is 15.4 Å². The highest BCUT2D eigenvalue weighted by molar-refractivity contribution is 9.10. The van der Waals surface area contributed by atoms with Gasteiger partial charge in [0.15, 0.2) is 5.78 Å². The maximum atomic E-state index is 12.3. The molecule has 3 nitrogen and oxygen atoms in total. The number of hydrogen-bond donors (Lipinski definition) is 0. The Hall–Kier alpha value is -0.780. The van der Waals surface area contributed by atoms with Gasteiger partial charge in [-0.1, -0.05) is 33.6 Å². The molecule has 1 aromatic heterocycles. The van der Waals surface area contributed by atoms with Crippen molar-refractivity contribution in [1.29, 1.82) is 0 Å². The monoisotopic (exact) mass is 372 g/mol. The van der Waals surface area contributed by atoms with Crippen molar-refractivity contribution in [3.63, 3.8) is 0 Å². The molecule has 0 radical (unpaired) electrons. The van der Waals surface area contributed by atoms with E-state index in [4.69, 9.17) is 11.6 Å². The van der Waals surface area contributed by atoms with E-state index in [1.165, 1.54) is 18.0 Å². The number of Topliss-reactive ketones (excluding diaryl/α,β-unsaturated/α-hetero) is 1. The molecule has 0 N–H and O–H groups in total. The molecule has 1 aromatic carbocycles. The van der Waals surface area contributed by atoms with Crippen LogP contribution in [-0.4, -0.2) is 21.3 Å². The highest BCUT2D eigenvalue weighted by Gasteiger charge is 2.19. The lowest BCUT2D eigenvalue weighted by Crippen LogP contribution is -2.14. The van der Waals surface area contributed by atoms with E-state index in [0.717, 1.165) is 9.37 Å². The molecule has 0 amide bonds. The van der Waals surface area contributed by atoms with Gasteiger partial charge in [0.2, 0.25) is 0 Å². The molecule has 0 spiro atoms. The number of carbonyl (C=O) groups is 1. The number of carbonyl (C=O) groups excluding carboxylic acids is 1. The second-order valence-electron chi connectivity index (χ2n) is 4.55. The Morgan fingerprint density at radius 3 is 2.90 bits per heavy atom. The summed E-state index contributed by atoms with van der Waals surface area (Å²) in [4.78, 5) is 13.4. The molecule has 1 heterocycles. The first kappa shape index (κ1) is 15.6. The third kappa shape index (κ3) is 3.65. The van der Waals surface area contributed by atoms with Crippen LogP contribution in [0.2, 0.25) is 5.02 Å². The van der Waals surface area contributed by atoms with Crippen LogP contribution >= 0.6 is 39.3 Å². The molecule has 0 bridgehead atoms. The van der Waals surface area contributed by atoms with E-state index in [0.29, 0.717) is 16.5 Å². The summed E-state index contributed by atoms with van der Waals surface area (Å²) in [5.74, 6) is 0.334. The quantitative estimate of drug-likeness (QED) is 0.555. The maximum Gasteiger partial charge on any atom is 0.192 e. The zero-order valence-electron chi connectivity index (χ0n) is 11.1. The predicted octanol–water partition coefficient (Wildman–Crippen LogP) is 4.85. The molecule has 2 aromatic rings. The number of rotatable bonds is 5. The normalized spacial score (nSPS) is 11.1. The molecule has 0 fully saturated rings. The molecular weight excluding hydrogens is 360 g/mol. The third-order valence-corrected chi connectivity index (χ3v) is 4.43. The van der Waals surface area contributed by atoms with E-state index in [1.54, 1.807) is 4.68 Å². The van der Waals surface area contributed by atoms with Crippen LogP contribution in [0.1, 0.15) is 30.4 Å². The maximum absolute atomic E-state index is 12.3. The fourth-order valence-electron chi connectivity index (χ4n) is 1.77. The SMILES string of the molecule is CC(C)n1ncc(Cl)c1C(=O)CSc1cccc(Br)c1. The van der Waals surface area contributed by atoms with E-state index in [9.17, 15) is 4.79 Å². The largest absolute Gasteiger partial charge is 0.291 e. The Labute approximate surface area is 135 Å². The molecule has 0 aliphatic rings. The third-order valence-electron chi connectivity index (χ3n) is 2.67. The van der Waals surface area contributed by atoms with Gasteiger partial charge in [-0.25, -0.2) is 0 Å². The van der Waals surface area contributed by atoms with Crippen LogP contribution < -0.4 is 0 Å². The smallest absolute Gasteiger partial charge is 0.192 e. The summed E-state index contributed by atoms with van der Waals surface area (Å²) in [6.07, 6.45) is 1.53. The lowest BCUT2D eigenvalue weighted by atomic mass is 10.3. The minimum atomic E-state index is -0.00817. The minimum Gasteiger partial charge on any atom is -0.291 e. The Bertz CT molecular complexity index is 627. The first-order chi connectivity index (χ1) is 9.49. The summed E-state index contributed by atoms with van der Waals surface area (Å²) < 4.78 is 2.67. The van der Waals surface area contributed by atoms with Crippen LogP contribution in [0.5, 0.6) is 0 Å². The first-order valence-corrected chi connectivity index (χ1v) is 8.29. The van der Waals surface area contributed by atoms with Crippen molar-refractivity contribution >= 4 is 45.1 Å². The van der Waals surface area contributed by atoms with Crippen molar-refractivity contribution in [2.24, 2.45) is 0 Å². The van der Waals surface area contributed by atoms with Crippen LogP contribution in [0.3, 0.4) is 0 Å². The van der Waals surface area contributed by atoms with E-state index in [2.05, 4.69) is 21.0 Å². The molecule has 0 unspecified atom stereocenters. The number of thioether (sulfide) groups is 1. The zero-order chi connectivity index (χ0) is 14.7. The molecule has 2 rings (SSSR count). The van der Waals surface area contributed by atoms with Gasteiger partial charge in [0.1, 0.15) is 5.69 Å². The molecule has 0 saturated heterocycles. The standard InChI is InChI=1S/C14H14BrClN2OS/c1-9(2)18-14(12(16)7-17-18)13(19)8-20-11-5-3-4-10(15)6-11/h3-7,9H,8H2,1-2H3. The Kier molecular flexibility index (Phi) is 5.29. The van der Waals surface area contributed by atoms with Crippen molar-refractivity contribution in [2.45, 2.75) is 24.8 Å². The van der Waals surface area contributed by atoms with Crippen molar-refractivity contribution < 1.29 is 4.79 Å². The summed E-state index contributed by atoms with van der Waals surface area (Å²) in [5, 5.41) is 4.57. The molecular formula is C14H14BrClN2OS. The van der Waals surface area contributed by atoms with Gasteiger partial charge in [-0.05, 0) is 32.0 Å². The molecule has 0 atom stereocenters. The molecule has 106 valence electrons. The van der Waals surface area contributed by atoms with Gasteiger partial charge < -0.3 is 0 Å². The van der Waals surface area contributed by atoms with Gasteiger partial charge in [0.25, 0.3) is 0 Å². The van der Waals surface area contributed by atoms with E-state index < -0.39 is 0 Å². The molecule has 20 heavy (non-hydrogen) atoms. The zero-order valence-corrected chi connectivity index (χ0v) is 14.3. The van der Waals surface area contributed by atoms with Crippen LogP contribution in [0.25, 0.3) is 0 Å². The van der Waals surface area contributed by atoms with Gasteiger partial charge in [-0.2, -0.15) is 5.10 Å². The number of halogens is 2.